The second-order valence-corrected chi connectivity index (χ2v) is 11.5. The first-order valence-electron chi connectivity index (χ1n) is 12.1. The number of nitrogens with zero attached hydrogens (tertiary/aromatic N) is 1. The Balaban J connectivity index is 0.00000289. The Morgan fingerprint density at radius 2 is 1.75 bits per heavy atom. The zero-order chi connectivity index (χ0) is 22.3. The maximum Gasteiger partial charge on any atom is 0.155 e. The summed E-state index contributed by atoms with van der Waals surface area (Å²) in [6.07, 6.45) is 9.86. The lowest BCUT2D eigenvalue weighted by molar-refractivity contribution is -0.119. The van der Waals surface area contributed by atoms with Crippen LogP contribution in [-0.4, -0.2) is 52.8 Å². The molecule has 4 rings (SSSR count). The van der Waals surface area contributed by atoms with Crippen molar-refractivity contribution in [2.45, 2.75) is 70.8 Å². The molecule has 0 amide bonds. The van der Waals surface area contributed by atoms with E-state index in [1.54, 1.807) is 0 Å². The van der Waals surface area contributed by atoms with E-state index in [9.17, 15) is 9.90 Å². The summed E-state index contributed by atoms with van der Waals surface area (Å²) in [6, 6.07) is 0. The van der Waals surface area contributed by atoms with Gasteiger partial charge in [-0.15, -0.1) is 35.6 Å². The molecule has 6 atom stereocenters. The maximum atomic E-state index is 12.0. The minimum absolute atomic E-state index is 0. The molecule has 0 heterocycles. The Labute approximate surface area is 210 Å². The number of halogens is 3. The van der Waals surface area contributed by atoms with Crippen molar-refractivity contribution in [2.75, 3.05) is 31.4 Å². The number of ketones is 1. The first-order chi connectivity index (χ1) is 14.8. The quantitative estimate of drug-likeness (QED) is 0.401. The van der Waals surface area contributed by atoms with Gasteiger partial charge < -0.3 is 5.11 Å². The standard InChI is InChI=1S/C26H37Cl2NO2.ClH/c1-24-10-6-20(30)18-19(24)4-5-21-22(24)7-11-25(2)23(21)8-12-26(25,31)9-3-15-29(16-13-27)17-14-28;/h18,21-23,31H,4-8,10-17H2,1-2H3;1H/t21-,22+,23+,24+,25+,26+;/m1./s1. The van der Waals surface area contributed by atoms with Gasteiger partial charge in [0.2, 0.25) is 0 Å². The highest BCUT2D eigenvalue weighted by Gasteiger charge is 2.63. The number of fused-ring (bicyclic) bond motifs is 5. The molecule has 6 heteroatoms. The van der Waals surface area contributed by atoms with Crippen LogP contribution in [0.5, 0.6) is 0 Å². The third-order valence-electron chi connectivity index (χ3n) is 9.51. The van der Waals surface area contributed by atoms with Gasteiger partial charge in [0.25, 0.3) is 0 Å². The van der Waals surface area contributed by atoms with E-state index < -0.39 is 5.60 Å². The summed E-state index contributed by atoms with van der Waals surface area (Å²) in [7, 11) is 0. The number of hydrogen-bond donors (Lipinski definition) is 1. The van der Waals surface area contributed by atoms with Crippen LogP contribution in [0.25, 0.3) is 0 Å². The molecule has 3 saturated carbocycles. The molecule has 0 unspecified atom stereocenters. The third kappa shape index (κ3) is 4.40. The van der Waals surface area contributed by atoms with Crippen molar-refractivity contribution in [3.05, 3.63) is 11.6 Å². The molecular formula is C26H38Cl3NO2. The smallest absolute Gasteiger partial charge is 0.155 e. The molecule has 0 aliphatic heterocycles. The van der Waals surface area contributed by atoms with Gasteiger partial charge in [0.1, 0.15) is 5.60 Å². The molecule has 0 radical (unpaired) electrons. The number of aliphatic hydroxyl groups is 1. The Morgan fingerprint density at radius 1 is 1.06 bits per heavy atom. The van der Waals surface area contributed by atoms with Gasteiger partial charge in [-0.1, -0.05) is 31.3 Å². The van der Waals surface area contributed by atoms with E-state index in [1.165, 1.54) is 5.57 Å². The van der Waals surface area contributed by atoms with Crippen LogP contribution in [-0.2, 0) is 4.79 Å². The van der Waals surface area contributed by atoms with Crippen molar-refractivity contribution in [1.82, 2.24) is 4.90 Å². The van der Waals surface area contributed by atoms with E-state index in [4.69, 9.17) is 23.2 Å². The predicted octanol–water partition coefficient (Wildman–Crippen LogP) is 5.45. The molecule has 0 aromatic carbocycles. The molecule has 0 saturated heterocycles. The Bertz CT molecular complexity index is 799. The Morgan fingerprint density at radius 3 is 2.44 bits per heavy atom. The van der Waals surface area contributed by atoms with Gasteiger partial charge in [-0.2, -0.15) is 0 Å². The average Bonchev–Trinajstić information content (AvgIpc) is 3.00. The van der Waals surface area contributed by atoms with Crippen LogP contribution in [0.15, 0.2) is 11.6 Å². The fourth-order valence-corrected chi connectivity index (χ4v) is 8.07. The third-order valence-corrected chi connectivity index (χ3v) is 9.85. The predicted molar refractivity (Wildman–Crippen MR) is 135 cm³/mol. The van der Waals surface area contributed by atoms with Crippen LogP contribution in [0.3, 0.4) is 0 Å². The second-order valence-electron chi connectivity index (χ2n) is 10.8. The van der Waals surface area contributed by atoms with E-state index in [1.807, 2.05) is 6.08 Å². The van der Waals surface area contributed by atoms with Crippen molar-refractivity contribution in [3.63, 3.8) is 0 Å². The first-order valence-corrected chi connectivity index (χ1v) is 13.1. The molecule has 32 heavy (non-hydrogen) atoms. The number of rotatable bonds is 5. The van der Waals surface area contributed by atoms with Crippen molar-refractivity contribution in [2.24, 2.45) is 28.6 Å². The highest BCUT2D eigenvalue weighted by Crippen LogP contribution is 2.67. The summed E-state index contributed by atoms with van der Waals surface area (Å²) >= 11 is 11.8. The van der Waals surface area contributed by atoms with E-state index in [2.05, 4.69) is 30.6 Å². The molecule has 0 aromatic rings. The summed E-state index contributed by atoms with van der Waals surface area (Å²) in [5, 5.41) is 11.7. The van der Waals surface area contributed by atoms with E-state index in [0.29, 0.717) is 48.3 Å². The maximum absolute atomic E-state index is 12.0. The highest BCUT2D eigenvalue weighted by molar-refractivity contribution is 6.18. The van der Waals surface area contributed by atoms with Crippen LogP contribution >= 0.6 is 35.6 Å². The lowest BCUT2D eigenvalue weighted by Gasteiger charge is -2.58. The number of carbonyl (C=O) groups is 1. The van der Waals surface area contributed by atoms with Crippen LogP contribution in [0, 0.1) is 40.4 Å². The highest BCUT2D eigenvalue weighted by atomic mass is 35.5. The van der Waals surface area contributed by atoms with Crippen molar-refractivity contribution in [3.8, 4) is 11.8 Å². The molecule has 3 nitrogen and oxygen atoms in total. The van der Waals surface area contributed by atoms with E-state index >= 15 is 0 Å². The fourth-order valence-electron chi connectivity index (χ4n) is 7.59. The number of alkyl halides is 2. The minimum atomic E-state index is -0.907. The molecule has 4 aliphatic carbocycles. The average molecular weight is 503 g/mol. The van der Waals surface area contributed by atoms with Crippen molar-refractivity contribution < 1.29 is 9.90 Å². The van der Waals surface area contributed by atoms with Gasteiger partial charge >= 0.3 is 0 Å². The molecule has 0 spiro atoms. The zero-order valence-electron chi connectivity index (χ0n) is 19.5. The van der Waals surface area contributed by atoms with Gasteiger partial charge in [-0.05, 0) is 74.2 Å². The van der Waals surface area contributed by atoms with Gasteiger partial charge in [-0.25, -0.2) is 0 Å². The number of hydrogen-bond acceptors (Lipinski definition) is 3. The summed E-state index contributed by atoms with van der Waals surface area (Å²) in [5.41, 5.74) is 0.525. The summed E-state index contributed by atoms with van der Waals surface area (Å²) in [6.45, 7) is 6.84. The van der Waals surface area contributed by atoms with E-state index in [-0.39, 0.29) is 23.2 Å². The molecule has 0 aromatic heterocycles. The van der Waals surface area contributed by atoms with Crippen LogP contribution in [0.4, 0.5) is 0 Å². The topological polar surface area (TPSA) is 40.5 Å². The van der Waals surface area contributed by atoms with Gasteiger partial charge in [0.15, 0.2) is 5.78 Å². The second kappa shape index (κ2) is 10.2. The van der Waals surface area contributed by atoms with Crippen LogP contribution in [0.2, 0.25) is 0 Å². The Kier molecular flexibility index (Phi) is 8.38. The van der Waals surface area contributed by atoms with Gasteiger partial charge in [0, 0.05) is 36.7 Å². The van der Waals surface area contributed by atoms with Crippen molar-refractivity contribution in [1.29, 1.82) is 0 Å². The molecule has 4 aliphatic rings. The summed E-state index contributed by atoms with van der Waals surface area (Å²) < 4.78 is 0. The SMILES string of the molecule is C[C@]12CCC(=O)C=C1CC[C@@H]1[C@@H]2CC[C@@]2(C)[C@H]1CC[C@@]2(O)C#CCN(CCCl)CCCl.Cl. The van der Waals surface area contributed by atoms with Gasteiger partial charge in [-0.3, -0.25) is 9.69 Å². The van der Waals surface area contributed by atoms with Gasteiger partial charge in [0.05, 0.1) is 6.54 Å². The van der Waals surface area contributed by atoms with Crippen LogP contribution in [0.1, 0.15) is 65.2 Å². The lowest BCUT2D eigenvalue weighted by atomic mass is 9.46. The summed E-state index contributed by atoms with van der Waals surface area (Å²) in [5.74, 6) is 9.85. The van der Waals surface area contributed by atoms with Crippen molar-refractivity contribution >= 4 is 41.4 Å². The number of allylic oxidation sites excluding steroid dienone is 1. The van der Waals surface area contributed by atoms with E-state index in [0.717, 1.165) is 58.0 Å². The molecule has 3 fully saturated rings. The molecule has 1 N–H and O–H groups in total. The van der Waals surface area contributed by atoms with Crippen LogP contribution < -0.4 is 0 Å². The normalized spacial score (nSPS) is 40.4. The fraction of sp³-hybridized carbons (Fsp3) is 0.808. The number of carbonyl (C=O) groups excluding carboxylic acids is 1. The Hall–Kier alpha value is -0.240. The largest absolute Gasteiger partial charge is 0.377 e. The minimum Gasteiger partial charge on any atom is -0.377 e. The first kappa shape index (κ1) is 26.4. The summed E-state index contributed by atoms with van der Waals surface area (Å²) in [4.78, 5) is 14.2. The monoisotopic (exact) mass is 501 g/mol. The molecular weight excluding hydrogens is 465 g/mol. The molecule has 180 valence electrons. The lowest BCUT2D eigenvalue weighted by Crippen LogP contribution is -2.54. The molecule has 0 bridgehead atoms. The zero-order valence-corrected chi connectivity index (χ0v) is 21.8.